The van der Waals surface area contributed by atoms with Crippen LogP contribution in [0.3, 0.4) is 0 Å². The molecule has 57 heavy (non-hydrogen) atoms. The van der Waals surface area contributed by atoms with Crippen molar-refractivity contribution in [2.24, 2.45) is 5.92 Å². The predicted octanol–water partition coefficient (Wildman–Crippen LogP) is 9.78. The van der Waals surface area contributed by atoms with Crippen LogP contribution >= 0.6 is 11.6 Å². The Hall–Kier alpha value is -5.49. The molecule has 8 nitrogen and oxygen atoms in total. The highest BCUT2D eigenvalue weighted by Crippen LogP contribution is 2.37. The van der Waals surface area contributed by atoms with Crippen molar-refractivity contribution in [2.75, 3.05) is 6.54 Å². The molecule has 0 spiro atoms. The van der Waals surface area contributed by atoms with Crippen LogP contribution in [0.15, 0.2) is 91.3 Å². The van der Waals surface area contributed by atoms with Crippen LogP contribution in [0.5, 0.6) is 11.5 Å². The fourth-order valence-electron chi connectivity index (χ4n) is 8.05. The molecule has 7 rings (SSSR count). The minimum absolute atomic E-state index is 0.118. The summed E-state index contributed by atoms with van der Waals surface area (Å²) in [6.45, 7) is 6.55. The van der Waals surface area contributed by atoms with Crippen LogP contribution in [0.1, 0.15) is 83.9 Å². The van der Waals surface area contributed by atoms with Gasteiger partial charge in [0.2, 0.25) is 5.91 Å². The van der Waals surface area contributed by atoms with Crippen LogP contribution in [0, 0.1) is 31.1 Å². The highest BCUT2D eigenvalue weighted by Gasteiger charge is 2.22. The van der Waals surface area contributed by atoms with Crippen molar-refractivity contribution in [3.8, 4) is 39.8 Å². The van der Waals surface area contributed by atoms with Crippen molar-refractivity contribution in [2.45, 2.75) is 91.0 Å². The Morgan fingerprint density at radius 1 is 0.842 bits per heavy atom. The van der Waals surface area contributed by atoms with Crippen LogP contribution in [0.2, 0.25) is 5.02 Å². The molecular weight excluding hydrogens is 732 g/mol. The third kappa shape index (κ3) is 10.1. The molecule has 1 aromatic heterocycles. The lowest BCUT2D eigenvalue weighted by Crippen LogP contribution is -2.25. The number of carbonyl (C=O) groups excluding carboxylic acids is 2. The first-order chi connectivity index (χ1) is 27.7. The number of benzene rings is 4. The number of amides is 1. The molecule has 1 saturated carbocycles. The topological polar surface area (TPSA) is 113 Å². The van der Waals surface area contributed by atoms with Gasteiger partial charge < -0.3 is 20.1 Å². The number of halogens is 1. The molecule has 9 heteroatoms. The highest BCUT2D eigenvalue weighted by atomic mass is 35.5. The maximum atomic E-state index is 11.7. The van der Waals surface area contributed by atoms with E-state index in [1.165, 1.54) is 34.0 Å². The molecule has 4 aromatic carbocycles. The summed E-state index contributed by atoms with van der Waals surface area (Å²) in [5.41, 5.74) is 11.5. The van der Waals surface area contributed by atoms with E-state index in [4.69, 9.17) is 21.1 Å². The van der Waals surface area contributed by atoms with E-state index in [1.54, 1.807) is 12.3 Å². The van der Waals surface area contributed by atoms with Gasteiger partial charge in [-0.15, -0.1) is 0 Å². The number of ketones is 1. The molecule has 0 bridgehead atoms. The van der Waals surface area contributed by atoms with Gasteiger partial charge in [-0.3, -0.25) is 14.6 Å². The van der Waals surface area contributed by atoms with E-state index in [1.807, 2.05) is 12.1 Å². The number of nitrogens with zero attached hydrogens (tertiary/aromatic N) is 2. The van der Waals surface area contributed by atoms with E-state index < -0.39 is 0 Å². The van der Waals surface area contributed by atoms with Gasteiger partial charge >= 0.3 is 0 Å². The van der Waals surface area contributed by atoms with Gasteiger partial charge in [0.25, 0.3) is 0 Å². The summed E-state index contributed by atoms with van der Waals surface area (Å²) in [6, 6.07) is 29.5. The molecular formula is C48H49ClN4O4. The number of hydrogen-bond acceptors (Lipinski definition) is 7. The second kappa shape index (κ2) is 18.6. The van der Waals surface area contributed by atoms with Crippen molar-refractivity contribution in [1.29, 1.82) is 5.26 Å². The van der Waals surface area contributed by atoms with E-state index in [0.29, 0.717) is 53.2 Å². The smallest absolute Gasteiger partial charge is 0.220 e. The molecule has 2 fully saturated rings. The Morgan fingerprint density at radius 2 is 1.61 bits per heavy atom. The molecule has 292 valence electrons. The number of carbonyl (C=O) groups is 2. The summed E-state index contributed by atoms with van der Waals surface area (Å²) in [6.07, 6.45) is 9.58. The lowest BCUT2D eigenvalue weighted by Gasteiger charge is -2.18. The summed E-state index contributed by atoms with van der Waals surface area (Å²) in [7, 11) is 0. The van der Waals surface area contributed by atoms with Crippen molar-refractivity contribution < 1.29 is 19.1 Å². The number of nitriles is 1. The predicted molar refractivity (Wildman–Crippen MR) is 224 cm³/mol. The van der Waals surface area contributed by atoms with E-state index >= 15 is 0 Å². The molecule has 5 aromatic rings. The van der Waals surface area contributed by atoms with Gasteiger partial charge in [0.1, 0.15) is 36.6 Å². The SMILES string of the molecule is Cc1c(COc2cc(OCc3cncc(C#N)c3)c(CCC[C@@H]3CCC(=O)N3)cc2Cl)cccc1-c1cccc(-c2ccc(CNC[C@@H]3CCC(=O)C3)cc2)c1C. The molecule has 0 unspecified atom stereocenters. The molecule has 2 N–H and O–H groups in total. The molecule has 1 aliphatic carbocycles. The van der Waals surface area contributed by atoms with Crippen molar-refractivity contribution in [3.63, 3.8) is 0 Å². The third-order valence-corrected chi connectivity index (χ3v) is 11.6. The van der Waals surface area contributed by atoms with Gasteiger partial charge in [-0.1, -0.05) is 72.3 Å². The summed E-state index contributed by atoms with van der Waals surface area (Å²) in [5, 5.41) is 16.5. The van der Waals surface area contributed by atoms with Gasteiger partial charge in [0.05, 0.1) is 10.6 Å². The molecule has 1 amide bonds. The Morgan fingerprint density at radius 3 is 2.37 bits per heavy atom. The lowest BCUT2D eigenvalue weighted by atomic mass is 9.89. The summed E-state index contributed by atoms with van der Waals surface area (Å²) in [5.74, 6) is 2.16. The first-order valence-corrected chi connectivity index (χ1v) is 20.3. The number of rotatable bonds is 16. The highest BCUT2D eigenvalue weighted by molar-refractivity contribution is 6.32. The van der Waals surface area contributed by atoms with Crippen molar-refractivity contribution in [3.05, 3.63) is 135 Å². The van der Waals surface area contributed by atoms with Crippen molar-refractivity contribution in [1.82, 2.24) is 15.6 Å². The average Bonchev–Trinajstić information content (AvgIpc) is 3.84. The number of hydrogen-bond donors (Lipinski definition) is 2. The second-order valence-electron chi connectivity index (χ2n) is 15.4. The van der Waals surface area contributed by atoms with Crippen LogP contribution in [0.4, 0.5) is 0 Å². The molecule has 1 aliphatic heterocycles. The average molecular weight is 781 g/mol. The first kappa shape index (κ1) is 39.7. The van der Waals surface area contributed by atoms with Gasteiger partial charge in [-0.2, -0.15) is 5.26 Å². The van der Waals surface area contributed by atoms with Gasteiger partial charge in [-0.05, 0) is 121 Å². The Balaban J connectivity index is 1.05. The number of aromatic nitrogens is 1. The lowest BCUT2D eigenvalue weighted by molar-refractivity contribution is -0.119. The fourth-order valence-corrected chi connectivity index (χ4v) is 8.29. The van der Waals surface area contributed by atoms with Gasteiger partial charge in [0, 0.05) is 55.9 Å². The number of ether oxygens (including phenoxy) is 2. The van der Waals surface area contributed by atoms with Gasteiger partial charge in [0.15, 0.2) is 0 Å². The maximum Gasteiger partial charge on any atom is 0.220 e. The maximum absolute atomic E-state index is 11.7. The zero-order chi connectivity index (χ0) is 39.7. The number of nitrogens with one attached hydrogen (secondary N) is 2. The number of Topliss-reactive ketones (excluding diaryl/α,β-unsaturated/α-hetero) is 1. The number of aryl methyl sites for hydroxylation is 1. The Bertz CT molecular complexity index is 2280. The van der Waals surface area contributed by atoms with E-state index in [-0.39, 0.29) is 18.6 Å². The minimum Gasteiger partial charge on any atom is -0.488 e. The summed E-state index contributed by atoms with van der Waals surface area (Å²) >= 11 is 6.88. The Kier molecular flexibility index (Phi) is 13.0. The monoisotopic (exact) mass is 780 g/mol. The van der Waals surface area contributed by atoms with Gasteiger partial charge in [-0.25, -0.2) is 0 Å². The Labute approximate surface area is 340 Å². The molecule has 0 radical (unpaired) electrons. The molecule has 2 atom stereocenters. The first-order valence-electron chi connectivity index (χ1n) is 20.0. The normalized spacial score (nSPS) is 16.4. The van der Waals surface area contributed by atoms with E-state index in [9.17, 15) is 14.9 Å². The summed E-state index contributed by atoms with van der Waals surface area (Å²) < 4.78 is 12.8. The van der Waals surface area contributed by atoms with Crippen LogP contribution in [-0.4, -0.2) is 29.3 Å². The standard InChI is InChI=1S/C48H49ClN4O4/c1-31-39(7-4-10-43(31)44-11-5-9-42(32(44)2)37-15-12-33(13-16-37)25-51-26-34-14-18-41(54)21-34)30-57-47-23-46(56-29-36-20-35(24-50)27-52-28-36)38(22-45(47)49)6-3-8-40-17-19-48(55)53-40/h4-5,7,9-13,15-16,20,22-23,27-28,34,40,51H,3,6,8,14,17-19,21,25-26,29-30H2,1-2H3,(H,53,55)/t34-,40-/m1/s1. The van der Waals surface area contributed by atoms with Crippen LogP contribution in [0.25, 0.3) is 22.3 Å². The largest absolute Gasteiger partial charge is 0.488 e. The van der Waals surface area contributed by atoms with E-state index in [2.05, 4.69) is 96.2 Å². The zero-order valence-corrected chi connectivity index (χ0v) is 33.5. The minimum atomic E-state index is 0.118. The second-order valence-corrected chi connectivity index (χ2v) is 15.8. The molecule has 1 saturated heterocycles. The van der Waals surface area contributed by atoms with Crippen LogP contribution < -0.4 is 20.1 Å². The van der Waals surface area contributed by atoms with E-state index in [0.717, 1.165) is 79.4 Å². The molecule has 2 heterocycles. The fraction of sp³-hybridized carbons (Fsp3) is 0.333. The number of pyridine rings is 1. The van der Waals surface area contributed by atoms with Crippen molar-refractivity contribution >= 4 is 23.3 Å². The zero-order valence-electron chi connectivity index (χ0n) is 32.7. The third-order valence-electron chi connectivity index (χ3n) is 11.3. The quantitative estimate of drug-likeness (QED) is 0.103. The molecule has 2 aliphatic rings. The van der Waals surface area contributed by atoms with Crippen LogP contribution in [-0.2, 0) is 35.8 Å². The summed E-state index contributed by atoms with van der Waals surface area (Å²) in [4.78, 5) is 27.5.